The first-order chi connectivity index (χ1) is 18.0. The molecule has 0 unspecified atom stereocenters. The number of imidazole rings is 1. The van der Waals surface area contributed by atoms with Gasteiger partial charge in [-0.25, -0.2) is 4.98 Å². The number of aryl methyl sites for hydroxylation is 1. The lowest BCUT2D eigenvalue weighted by Gasteiger charge is -2.12. The Hall–Kier alpha value is -4.52. The van der Waals surface area contributed by atoms with Crippen LogP contribution in [0, 0.1) is 0 Å². The second-order valence-corrected chi connectivity index (χ2v) is 8.51. The average Bonchev–Trinajstić information content (AvgIpc) is 3.26. The van der Waals surface area contributed by atoms with E-state index in [1.807, 2.05) is 71.3 Å². The molecule has 1 N–H and O–H groups in total. The largest absolute Gasteiger partial charge is 0.492 e. The molecule has 0 aliphatic heterocycles. The number of para-hydroxylation sites is 2. The van der Waals surface area contributed by atoms with E-state index < -0.39 is 0 Å². The number of aliphatic imine (C=N–C) groups is 1. The number of anilines is 1. The van der Waals surface area contributed by atoms with Crippen LogP contribution in [0.3, 0.4) is 0 Å². The van der Waals surface area contributed by atoms with Gasteiger partial charge >= 0.3 is 0 Å². The van der Waals surface area contributed by atoms with Crippen molar-refractivity contribution < 1.29 is 14.3 Å². The third kappa shape index (κ3) is 6.38. The van der Waals surface area contributed by atoms with Gasteiger partial charge in [-0.3, -0.25) is 19.9 Å². The van der Waals surface area contributed by atoms with Crippen LogP contribution in [0.1, 0.15) is 35.3 Å². The number of rotatable bonds is 10. The molecule has 7 heteroatoms. The topological polar surface area (TPSA) is 85.6 Å². The smallest absolute Gasteiger partial charge is 0.257 e. The number of nitrogens with zero attached hydrogens (tertiary/aromatic N) is 3. The summed E-state index contributed by atoms with van der Waals surface area (Å²) in [6, 6.07) is 22.9. The maximum atomic E-state index is 13.0. The fraction of sp³-hybridized carbons (Fsp3) is 0.200. The van der Waals surface area contributed by atoms with E-state index in [-0.39, 0.29) is 11.7 Å². The minimum Gasteiger partial charge on any atom is -0.492 e. The molecule has 4 aromatic rings. The third-order valence-electron chi connectivity index (χ3n) is 5.91. The van der Waals surface area contributed by atoms with Gasteiger partial charge in [0.25, 0.3) is 5.91 Å². The van der Waals surface area contributed by atoms with Crippen molar-refractivity contribution in [1.29, 1.82) is 0 Å². The second-order valence-electron chi connectivity index (χ2n) is 8.51. The van der Waals surface area contributed by atoms with Crippen molar-refractivity contribution in [3.63, 3.8) is 0 Å². The molecule has 1 aromatic heterocycles. The highest BCUT2D eigenvalue weighted by Crippen LogP contribution is 2.21. The van der Waals surface area contributed by atoms with Crippen LogP contribution < -0.4 is 10.1 Å². The molecule has 4 rings (SSSR count). The Morgan fingerprint density at radius 3 is 2.57 bits per heavy atom. The van der Waals surface area contributed by atoms with Crippen LogP contribution in [0.5, 0.6) is 5.75 Å². The Morgan fingerprint density at radius 1 is 1.00 bits per heavy atom. The van der Waals surface area contributed by atoms with Crippen molar-refractivity contribution in [2.24, 2.45) is 4.99 Å². The number of carbonyl (C=O) groups is 2. The van der Waals surface area contributed by atoms with E-state index in [9.17, 15) is 9.59 Å². The second kappa shape index (κ2) is 11.9. The molecule has 0 saturated heterocycles. The van der Waals surface area contributed by atoms with Crippen LogP contribution in [0.4, 0.5) is 5.95 Å². The zero-order valence-electron chi connectivity index (χ0n) is 21.3. The van der Waals surface area contributed by atoms with E-state index in [4.69, 9.17) is 4.74 Å². The normalized spacial score (nSPS) is 11.7. The molecule has 37 heavy (non-hydrogen) atoms. The molecule has 0 fully saturated rings. The van der Waals surface area contributed by atoms with Crippen LogP contribution in [0.25, 0.3) is 11.0 Å². The van der Waals surface area contributed by atoms with Crippen molar-refractivity contribution in [1.82, 2.24) is 9.55 Å². The van der Waals surface area contributed by atoms with Crippen LogP contribution in [-0.4, -0.2) is 40.6 Å². The van der Waals surface area contributed by atoms with Gasteiger partial charge in [-0.2, -0.15) is 0 Å². The van der Waals surface area contributed by atoms with Gasteiger partial charge in [0.1, 0.15) is 12.4 Å². The van der Waals surface area contributed by atoms with Crippen LogP contribution >= 0.6 is 0 Å². The standard InChI is InChI=1S/C30H30N4O3/c1-4-22-9-7-11-24(19-22)29(36)33-30-32-27-13-5-6-14-28(27)34(30)17-18-37-25-12-8-10-23(20-25)26(31-3)16-15-21(2)35/h5-16,19-20H,4,17-18H2,1-3H3,(H,32,33,36)/b16-15-,31-26?. The molecule has 0 aliphatic rings. The van der Waals surface area contributed by atoms with Crippen molar-refractivity contribution in [3.8, 4) is 5.75 Å². The molecular formula is C30H30N4O3. The molecule has 3 aromatic carbocycles. The molecular weight excluding hydrogens is 464 g/mol. The minimum atomic E-state index is -0.203. The first kappa shape index (κ1) is 25.6. The summed E-state index contributed by atoms with van der Waals surface area (Å²) in [5, 5.41) is 2.98. The molecule has 0 bridgehead atoms. The molecule has 0 aliphatic carbocycles. The number of fused-ring (bicyclic) bond motifs is 1. The Bertz CT molecular complexity index is 1480. The maximum absolute atomic E-state index is 13.0. The van der Waals surface area contributed by atoms with Crippen molar-refractivity contribution >= 4 is 34.4 Å². The van der Waals surface area contributed by atoms with Gasteiger partial charge in [0.05, 0.1) is 23.3 Å². The first-order valence-corrected chi connectivity index (χ1v) is 12.2. The minimum absolute atomic E-state index is 0.0397. The van der Waals surface area contributed by atoms with Crippen molar-refractivity contribution in [2.75, 3.05) is 19.0 Å². The number of hydrogen-bond donors (Lipinski definition) is 1. The number of benzene rings is 3. The Kier molecular flexibility index (Phi) is 8.26. The summed E-state index contributed by atoms with van der Waals surface area (Å²) in [7, 11) is 1.69. The monoisotopic (exact) mass is 494 g/mol. The zero-order valence-corrected chi connectivity index (χ0v) is 21.3. The van der Waals surface area contributed by atoms with Gasteiger partial charge < -0.3 is 9.30 Å². The summed E-state index contributed by atoms with van der Waals surface area (Å²) in [6.07, 6.45) is 4.05. The molecule has 1 amide bonds. The SMILES string of the molecule is CCc1cccc(C(=O)Nc2nc3ccccc3n2CCOc2cccc(C(/C=C\C(C)=O)=NC)c2)c1. The lowest BCUT2D eigenvalue weighted by Crippen LogP contribution is -2.18. The molecule has 7 nitrogen and oxygen atoms in total. The summed E-state index contributed by atoms with van der Waals surface area (Å²) in [5.41, 5.74) is 4.95. The maximum Gasteiger partial charge on any atom is 0.257 e. The van der Waals surface area contributed by atoms with E-state index in [0.717, 1.165) is 28.6 Å². The highest BCUT2D eigenvalue weighted by Gasteiger charge is 2.15. The Morgan fingerprint density at radius 2 is 1.78 bits per heavy atom. The molecule has 188 valence electrons. The molecule has 0 atom stereocenters. The highest BCUT2D eigenvalue weighted by molar-refractivity contribution is 6.11. The molecule has 0 saturated carbocycles. The van der Waals surface area contributed by atoms with E-state index in [1.54, 1.807) is 19.2 Å². The Balaban J connectivity index is 1.51. The van der Waals surface area contributed by atoms with E-state index in [0.29, 0.717) is 36.1 Å². The molecule has 1 heterocycles. The Labute approximate surface area is 216 Å². The van der Waals surface area contributed by atoms with Crippen molar-refractivity contribution in [2.45, 2.75) is 26.8 Å². The number of aromatic nitrogens is 2. The van der Waals surface area contributed by atoms with E-state index in [2.05, 4.69) is 22.2 Å². The number of ether oxygens (including phenoxy) is 1. The fourth-order valence-corrected chi connectivity index (χ4v) is 4.00. The summed E-state index contributed by atoms with van der Waals surface area (Å²) < 4.78 is 8.01. The summed E-state index contributed by atoms with van der Waals surface area (Å²) >= 11 is 0. The van der Waals surface area contributed by atoms with Gasteiger partial charge in [0, 0.05) is 18.2 Å². The summed E-state index contributed by atoms with van der Waals surface area (Å²) in [4.78, 5) is 33.2. The number of hydrogen-bond acceptors (Lipinski definition) is 5. The summed E-state index contributed by atoms with van der Waals surface area (Å²) in [5.74, 6) is 0.911. The van der Waals surface area contributed by atoms with Crippen LogP contribution in [0.2, 0.25) is 0 Å². The summed E-state index contributed by atoms with van der Waals surface area (Å²) in [6.45, 7) is 4.40. The van der Waals surface area contributed by atoms with Crippen LogP contribution in [0.15, 0.2) is 89.9 Å². The number of amides is 1. The number of allylic oxidation sites excluding steroid dienone is 2. The van der Waals surface area contributed by atoms with Crippen LogP contribution in [-0.2, 0) is 17.8 Å². The predicted molar refractivity (Wildman–Crippen MR) is 148 cm³/mol. The van der Waals surface area contributed by atoms with Crippen molar-refractivity contribution in [3.05, 3.63) is 102 Å². The van der Waals surface area contributed by atoms with Gasteiger partial charge in [-0.15, -0.1) is 0 Å². The van der Waals surface area contributed by atoms with Gasteiger partial charge in [-0.05, 0) is 67.5 Å². The molecule has 0 spiro atoms. The van der Waals surface area contributed by atoms with Gasteiger partial charge in [-0.1, -0.05) is 43.3 Å². The lowest BCUT2D eigenvalue weighted by molar-refractivity contribution is -0.112. The zero-order chi connectivity index (χ0) is 26.2. The quantitative estimate of drug-likeness (QED) is 0.233. The van der Waals surface area contributed by atoms with Gasteiger partial charge in [0.2, 0.25) is 5.95 Å². The predicted octanol–water partition coefficient (Wildman–Crippen LogP) is 5.49. The molecule has 0 radical (unpaired) electrons. The highest BCUT2D eigenvalue weighted by atomic mass is 16.5. The van der Waals surface area contributed by atoms with Gasteiger partial charge in [0.15, 0.2) is 5.78 Å². The fourth-order valence-electron chi connectivity index (χ4n) is 4.00. The number of nitrogens with one attached hydrogen (secondary N) is 1. The van der Waals surface area contributed by atoms with E-state index in [1.165, 1.54) is 13.0 Å². The third-order valence-corrected chi connectivity index (χ3v) is 5.91. The lowest BCUT2D eigenvalue weighted by atomic mass is 10.1. The number of carbonyl (C=O) groups excluding carboxylic acids is 2. The van der Waals surface area contributed by atoms with E-state index >= 15 is 0 Å². The first-order valence-electron chi connectivity index (χ1n) is 12.2. The average molecular weight is 495 g/mol. The number of ketones is 1.